The van der Waals surface area contributed by atoms with E-state index in [1.807, 2.05) is 12.1 Å². The number of benzene rings is 1. The van der Waals surface area contributed by atoms with Crippen LogP contribution >= 0.6 is 11.3 Å². The summed E-state index contributed by atoms with van der Waals surface area (Å²) < 4.78 is 33.2. The second-order valence-electron chi connectivity index (χ2n) is 6.54. The molecule has 0 atom stereocenters. The lowest BCUT2D eigenvalue weighted by molar-refractivity contribution is 0.0711. The van der Waals surface area contributed by atoms with E-state index < -0.39 is 10.0 Å². The van der Waals surface area contributed by atoms with Crippen LogP contribution in [0.3, 0.4) is 0 Å². The van der Waals surface area contributed by atoms with E-state index in [4.69, 9.17) is 4.74 Å². The van der Waals surface area contributed by atoms with E-state index in [0.29, 0.717) is 42.3 Å². The molecule has 2 aliphatic rings. The highest BCUT2D eigenvalue weighted by Crippen LogP contribution is 2.27. The summed E-state index contributed by atoms with van der Waals surface area (Å²) in [6.07, 6.45) is 2.07. The van der Waals surface area contributed by atoms with Crippen LogP contribution in [0.4, 0.5) is 0 Å². The summed E-state index contributed by atoms with van der Waals surface area (Å²) in [5.41, 5.74) is 1.75. The Labute approximate surface area is 156 Å². The number of rotatable bonds is 4. The Morgan fingerprint density at radius 1 is 1.23 bits per heavy atom. The molecule has 4 rings (SSSR count). The van der Waals surface area contributed by atoms with Crippen LogP contribution in [0, 0.1) is 0 Å². The van der Waals surface area contributed by atoms with Gasteiger partial charge in [0.25, 0.3) is 5.91 Å². The van der Waals surface area contributed by atoms with Crippen LogP contribution in [0.5, 0.6) is 5.75 Å². The Hall–Kier alpha value is -1.90. The number of nitrogens with one attached hydrogen (secondary N) is 1. The number of ether oxygens (including phenoxy) is 1. The van der Waals surface area contributed by atoms with Gasteiger partial charge < -0.3 is 9.64 Å². The summed E-state index contributed by atoms with van der Waals surface area (Å²) in [7, 11) is -3.46. The van der Waals surface area contributed by atoms with Crippen molar-refractivity contribution < 1.29 is 17.9 Å². The SMILES string of the molecule is O=C(c1ccc2c(c1)CCO2)N1CCC(NS(=O)(=O)c2cccs2)CC1. The number of hydrogen-bond donors (Lipinski definition) is 1. The minimum absolute atomic E-state index is 0.000682. The van der Waals surface area contributed by atoms with E-state index in [2.05, 4.69) is 4.72 Å². The molecule has 6 nitrogen and oxygen atoms in total. The van der Waals surface area contributed by atoms with Crippen molar-refractivity contribution in [2.45, 2.75) is 29.5 Å². The molecule has 1 aromatic heterocycles. The normalized spacial score (nSPS) is 17.8. The van der Waals surface area contributed by atoms with Crippen LogP contribution in [0.15, 0.2) is 39.9 Å². The van der Waals surface area contributed by atoms with Crippen molar-refractivity contribution in [3.05, 3.63) is 46.8 Å². The molecule has 0 saturated carbocycles. The Balaban J connectivity index is 1.37. The zero-order valence-electron chi connectivity index (χ0n) is 14.2. The molecule has 1 N–H and O–H groups in total. The van der Waals surface area contributed by atoms with Crippen molar-refractivity contribution in [1.82, 2.24) is 9.62 Å². The summed E-state index contributed by atoms with van der Waals surface area (Å²) in [6.45, 7) is 1.76. The van der Waals surface area contributed by atoms with Gasteiger partial charge >= 0.3 is 0 Å². The van der Waals surface area contributed by atoms with Crippen molar-refractivity contribution in [3.8, 4) is 5.75 Å². The van der Waals surface area contributed by atoms with Crippen molar-refractivity contribution >= 4 is 27.3 Å². The molecule has 3 heterocycles. The van der Waals surface area contributed by atoms with Crippen molar-refractivity contribution in [1.29, 1.82) is 0 Å². The molecule has 8 heteroatoms. The number of carbonyl (C=O) groups is 1. The first-order valence-corrected chi connectivity index (χ1v) is 11.0. The molecule has 0 aliphatic carbocycles. The lowest BCUT2D eigenvalue weighted by atomic mass is 10.0. The molecule has 0 radical (unpaired) electrons. The molecule has 1 fully saturated rings. The second kappa shape index (κ2) is 7.02. The third kappa shape index (κ3) is 3.49. The van der Waals surface area contributed by atoms with Gasteiger partial charge in [0.15, 0.2) is 0 Å². The molecular formula is C18H20N2O4S2. The van der Waals surface area contributed by atoms with Crippen LogP contribution in [0.1, 0.15) is 28.8 Å². The van der Waals surface area contributed by atoms with Crippen molar-refractivity contribution in [2.24, 2.45) is 0 Å². The number of likely N-dealkylation sites (tertiary alicyclic amines) is 1. The summed E-state index contributed by atoms with van der Waals surface area (Å²) in [4.78, 5) is 14.5. The molecule has 0 spiro atoms. The maximum Gasteiger partial charge on any atom is 0.253 e. The van der Waals surface area contributed by atoms with Crippen molar-refractivity contribution in [2.75, 3.05) is 19.7 Å². The van der Waals surface area contributed by atoms with E-state index in [9.17, 15) is 13.2 Å². The third-order valence-corrected chi connectivity index (χ3v) is 7.72. The average Bonchev–Trinajstić information content (AvgIpc) is 3.33. The Morgan fingerprint density at radius 3 is 2.77 bits per heavy atom. The molecule has 1 saturated heterocycles. The van der Waals surface area contributed by atoms with E-state index >= 15 is 0 Å². The number of piperidine rings is 1. The number of thiophene rings is 1. The number of carbonyl (C=O) groups excluding carboxylic acids is 1. The van der Waals surface area contributed by atoms with Gasteiger partial charge in [0.1, 0.15) is 9.96 Å². The molecule has 1 amide bonds. The van der Waals surface area contributed by atoms with Crippen molar-refractivity contribution in [3.63, 3.8) is 0 Å². The van der Waals surface area contributed by atoms with Crippen LogP contribution in [-0.2, 0) is 16.4 Å². The number of amides is 1. The molecule has 0 bridgehead atoms. The average molecular weight is 393 g/mol. The highest BCUT2D eigenvalue weighted by atomic mass is 32.2. The van der Waals surface area contributed by atoms with Crippen LogP contribution in [-0.4, -0.2) is 45.0 Å². The van der Waals surface area contributed by atoms with Crippen LogP contribution in [0.25, 0.3) is 0 Å². The number of hydrogen-bond acceptors (Lipinski definition) is 5. The Kier molecular flexibility index (Phi) is 4.73. The zero-order valence-corrected chi connectivity index (χ0v) is 15.8. The molecule has 0 unspecified atom stereocenters. The van der Waals surface area contributed by atoms with Gasteiger partial charge in [-0.15, -0.1) is 11.3 Å². The summed E-state index contributed by atoms with van der Waals surface area (Å²) in [5, 5.41) is 1.75. The predicted octanol–water partition coefficient (Wildman–Crippen LogP) is 2.27. The van der Waals surface area contributed by atoms with Crippen LogP contribution < -0.4 is 9.46 Å². The van der Waals surface area contributed by atoms with E-state index in [-0.39, 0.29) is 11.9 Å². The number of nitrogens with zero attached hydrogens (tertiary/aromatic N) is 1. The highest BCUT2D eigenvalue weighted by molar-refractivity contribution is 7.91. The smallest absolute Gasteiger partial charge is 0.253 e. The second-order valence-corrected chi connectivity index (χ2v) is 9.43. The van der Waals surface area contributed by atoms with E-state index in [1.54, 1.807) is 28.5 Å². The fourth-order valence-electron chi connectivity index (χ4n) is 3.40. The van der Waals surface area contributed by atoms with E-state index in [0.717, 1.165) is 17.7 Å². The maximum absolute atomic E-state index is 12.7. The van der Waals surface area contributed by atoms with Gasteiger partial charge in [-0.2, -0.15) is 0 Å². The molecule has 2 aromatic rings. The maximum atomic E-state index is 12.7. The topological polar surface area (TPSA) is 75.7 Å². The molecule has 1 aromatic carbocycles. The number of fused-ring (bicyclic) bond motifs is 1. The molecule has 138 valence electrons. The fraction of sp³-hybridized carbons (Fsp3) is 0.389. The number of sulfonamides is 1. The fourth-order valence-corrected chi connectivity index (χ4v) is 5.71. The van der Waals surface area contributed by atoms with Gasteiger partial charge in [0, 0.05) is 31.1 Å². The monoisotopic (exact) mass is 392 g/mol. The minimum Gasteiger partial charge on any atom is -0.493 e. The summed E-state index contributed by atoms with van der Waals surface area (Å²) in [6, 6.07) is 8.76. The quantitative estimate of drug-likeness (QED) is 0.866. The summed E-state index contributed by atoms with van der Waals surface area (Å²) >= 11 is 1.21. The largest absolute Gasteiger partial charge is 0.493 e. The van der Waals surface area contributed by atoms with Gasteiger partial charge in [0.2, 0.25) is 10.0 Å². The molecule has 2 aliphatic heterocycles. The van der Waals surface area contributed by atoms with Gasteiger partial charge in [-0.05, 0) is 48.1 Å². The highest BCUT2D eigenvalue weighted by Gasteiger charge is 2.28. The molecule has 26 heavy (non-hydrogen) atoms. The standard InChI is InChI=1S/C18H20N2O4S2/c21-18(14-3-4-16-13(12-14)7-10-24-16)20-8-5-15(6-9-20)19-26(22,23)17-2-1-11-25-17/h1-4,11-12,15,19H,5-10H2. The summed E-state index contributed by atoms with van der Waals surface area (Å²) in [5.74, 6) is 0.863. The lowest BCUT2D eigenvalue weighted by Crippen LogP contribution is -2.46. The lowest BCUT2D eigenvalue weighted by Gasteiger charge is -2.32. The first-order valence-electron chi connectivity index (χ1n) is 8.64. The Bertz CT molecular complexity index is 901. The van der Waals surface area contributed by atoms with Gasteiger partial charge in [-0.3, -0.25) is 4.79 Å². The minimum atomic E-state index is -3.46. The first-order chi connectivity index (χ1) is 12.5. The third-order valence-electron chi connectivity index (χ3n) is 4.80. The van der Waals surface area contributed by atoms with Crippen LogP contribution in [0.2, 0.25) is 0 Å². The molecular weight excluding hydrogens is 372 g/mol. The zero-order chi connectivity index (χ0) is 18.1. The first kappa shape index (κ1) is 17.5. The van der Waals surface area contributed by atoms with Gasteiger partial charge in [-0.1, -0.05) is 6.07 Å². The van der Waals surface area contributed by atoms with E-state index in [1.165, 1.54) is 11.3 Å². The Morgan fingerprint density at radius 2 is 2.04 bits per heavy atom. The van der Waals surface area contributed by atoms with Gasteiger partial charge in [-0.25, -0.2) is 13.1 Å². The predicted molar refractivity (Wildman–Crippen MR) is 99.2 cm³/mol. The van der Waals surface area contributed by atoms with Gasteiger partial charge in [0.05, 0.1) is 6.61 Å².